The zero-order chi connectivity index (χ0) is 12.3. The van der Waals surface area contributed by atoms with Crippen LogP contribution < -0.4 is 15.5 Å². The molecule has 0 bridgehead atoms. The van der Waals surface area contributed by atoms with Gasteiger partial charge in [0.1, 0.15) is 6.54 Å². The molecule has 1 aromatic carbocycles. The molecule has 1 aliphatic heterocycles. The number of hydrogen-bond donors (Lipinski definition) is 2. The second-order valence-corrected chi connectivity index (χ2v) is 3.80. The predicted molar refractivity (Wildman–Crippen MR) is 66.0 cm³/mol. The van der Waals surface area contributed by atoms with Gasteiger partial charge in [0.05, 0.1) is 17.9 Å². The summed E-state index contributed by atoms with van der Waals surface area (Å²) in [5.41, 5.74) is 1.64. The standard InChI is InChI=1S/C12H15N3O2/c1-2-13-11(16)8-15-10-6-4-3-5-9(10)14-7-12(15)17/h3-6,14H,2,7-8H2,1H3,(H,13,16). The van der Waals surface area contributed by atoms with Gasteiger partial charge in [-0.25, -0.2) is 0 Å². The summed E-state index contributed by atoms with van der Waals surface area (Å²) in [5.74, 6) is -0.229. The minimum atomic E-state index is -0.141. The molecule has 0 radical (unpaired) electrons. The van der Waals surface area contributed by atoms with Gasteiger partial charge in [0.2, 0.25) is 11.8 Å². The number of anilines is 2. The first-order valence-electron chi connectivity index (χ1n) is 5.62. The van der Waals surface area contributed by atoms with Crippen LogP contribution in [0.4, 0.5) is 11.4 Å². The number of benzene rings is 1. The van der Waals surface area contributed by atoms with Crippen LogP contribution in [0.2, 0.25) is 0 Å². The van der Waals surface area contributed by atoms with Crippen LogP contribution in [0.5, 0.6) is 0 Å². The van der Waals surface area contributed by atoms with Gasteiger partial charge >= 0.3 is 0 Å². The van der Waals surface area contributed by atoms with Crippen molar-refractivity contribution in [3.63, 3.8) is 0 Å². The maximum Gasteiger partial charge on any atom is 0.246 e. The van der Waals surface area contributed by atoms with Gasteiger partial charge in [-0.15, -0.1) is 0 Å². The number of carbonyl (C=O) groups excluding carboxylic acids is 2. The average molecular weight is 233 g/mol. The van der Waals surface area contributed by atoms with E-state index in [1.807, 2.05) is 31.2 Å². The van der Waals surface area contributed by atoms with Crippen molar-refractivity contribution >= 4 is 23.2 Å². The minimum absolute atomic E-state index is 0.0748. The molecule has 0 spiro atoms. The lowest BCUT2D eigenvalue weighted by Crippen LogP contribution is -2.45. The Morgan fingerprint density at radius 2 is 2.24 bits per heavy atom. The molecule has 0 atom stereocenters. The summed E-state index contributed by atoms with van der Waals surface area (Å²) in [4.78, 5) is 24.8. The summed E-state index contributed by atoms with van der Waals surface area (Å²) in [6.07, 6.45) is 0. The van der Waals surface area contributed by atoms with Crippen molar-refractivity contribution in [2.24, 2.45) is 0 Å². The third-order valence-electron chi connectivity index (χ3n) is 2.60. The van der Waals surface area contributed by atoms with Gasteiger partial charge in [-0.1, -0.05) is 12.1 Å². The molecule has 0 aromatic heterocycles. The minimum Gasteiger partial charge on any atom is -0.374 e. The number of rotatable bonds is 3. The Labute approximate surface area is 99.8 Å². The van der Waals surface area contributed by atoms with E-state index in [2.05, 4.69) is 10.6 Å². The van der Waals surface area contributed by atoms with Gasteiger partial charge < -0.3 is 10.6 Å². The van der Waals surface area contributed by atoms with Gasteiger partial charge in [0.15, 0.2) is 0 Å². The lowest BCUT2D eigenvalue weighted by Gasteiger charge is -2.29. The second kappa shape index (κ2) is 4.86. The van der Waals surface area contributed by atoms with Gasteiger partial charge in [0.25, 0.3) is 0 Å². The maximum atomic E-state index is 11.8. The van der Waals surface area contributed by atoms with Crippen LogP contribution in [0.15, 0.2) is 24.3 Å². The summed E-state index contributed by atoms with van der Waals surface area (Å²) in [7, 11) is 0. The Hall–Kier alpha value is -2.04. The topological polar surface area (TPSA) is 61.4 Å². The Kier molecular flexibility index (Phi) is 3.27. The van der Waals surface area contributed by atoms with Crippen molar-refractivity contribution in [3.8, 4) is 0 Å². The van der Waals surface area contributed by atoms with Crippen LogP contribution >= 0.6 is 0 Å². The number of fused-ring (bicyclic) bond motifs is 1. The van der Waals surface area contributed by atoms with E-state index in [4.69, 9.17) is 0 Å². The molecule has 1 aromatic rings. The van der Waals surface area contributed by atoms with Crippen LogP contribution in [0.3, 0.4) is 0 Å². The first-order valence-corrected chi connectivity index (χ1v) is 5.62. The van der Waals surface area contributed by atoms with Gasteiger partial charge in [-0.2, -0.15) is 0 Å². The van der Waals surface area contributed by atoms with Crippen molar-refractivity contribution in [3.05, 3.63) is 24.3 Å². The van der Waals surface area contributed by atoms with Crippen molar-refractivity contribution in [2.45, 2.75) is 6.92 Å². The Morgan fingerprint density at radius 1 is 1.47 bits per heavy atom. The van der Waals surface area contributed by atoms with E-state index in [-0.39, 0.29) is 24.9 Å². The van der Waals surface area contributed by atoms with Crippen molar-refractivity contribution in [1.29, 1.82) is 0 Å². The number of amides is 2. The third-order valence-corrected chi connectivity index (χ3v) is 2.60. The molecule has 1 aliphatic rings. The van der Waals surface area contributed by atoms with Crippen molar-refractivity contribution < 1.29 is 9.59 Å². The Morgan fingerprint density at radius 3 is 3.00 bits per heavy atom. The van der Waals surface area contributed by atoms with E-state index in [0.29, 0.717) is 6.54 Å². The molecule has 0 saturated heterocycles. The quantitative estimate of drug-likeness (QED) is 0.803. The zero-order valence-electron chi connectivity index (χ0n) is 9.69. The lowest BCUT2D eigenvalue weighted by molar-refractivity contribution is -0.123. The fourth-order valence-corrected chi connectivity index (χ4v) is 1.83. The number of para-hydroxylation sites is 2. The molecular formula is C12H15N3O2. The SMILES string of the molecule is CCNC(=O)CN1C(=O)CNc2ccccc21. The van der Waals surface area contributed by atoms with E-state index in [0.717, 1.165) is 11.4 Å². The first kappa shape index (κ1) is 11.4. The summed E-state index contributed by atoms with van der Waals surface area (Å²) < 4.78 is 0. The highest BCUT2D eigenvalue weighted by Gasteiger charge is 2.24. The molecule has 2 N–H and O–H groups in total. The third kappa shape index (κ3) is 2.38. The van der Waals surface area contributed by atoms with E-state index in [1.165, 1.54) is 4.90 Å². The van der Waals surface area contributed by atoms with Crippen LogP contribution in [-0.2, 0) is 9.59 Å². The van der Waals surface area contributed by atoms with Crippen molar-refractivity contribution in [1.82, 2.24) is 5.32 Å². The zero-order valence-corrected chi connectivity index (χ0v) is 9.69. The number of nitrogens with one attached hydrogen (secondary N) is 2. The predicted octanol–water partition coefficient (Wildman–Crippen LogP) is 0.581. The van der Waals surface area contributed by atoms with Crippen LogP contribution in [0.1, 0.15) is 6.92 Å². The number of nitrogens with zero attached hydrogens (tertiary/aromatic N) is 1. The normalized spacial score (nSPS) is 13.9. The lowest BCUT2D eigenvalue weighted by atomic mass is 10.2. The summed E-state index contributed by atoms with van der Waals surface area (Å²) >= 11 is 0. The van der Waals surface area contributed by atoms with E-state index in [1.54, 1.807) is 0 Å². The Balaban J connectivity index is 2.21. The van der Waals surface area contributed by atoms with Gasteiger partial charge in [0, 0.05) is 6.54 Å². The molecule has 0 unspecified atom stereocenters. The number of hydrogen-bond acceptors (Lipinski definition) is 3. The molecule has 17 heavy (non-hydrogen) atoms. The first-order chi connectivity index (χ1) is 8.22. The van der Waals surface area contributed by atoms with E-state index < -0.39 is 0 Å². The van der Waals surface area contributed by atoms with Crippen LogP contribution in [0, 0.1) is 0 Å². The molecule has 0 saturated carbocycles. The summed E-state index contributed by atoms with van der Waals surface area (Å²) in [6, 6.07) is 7.47. The molecule has 2 rings (SSSR count). The highest BCUT2D eigenvalue weighted by Crippen LogP contribution is 2.28. The largest absolute Gasteiger partial charge is 0.374 e. The van der Waals surface area contributed by atoms with Crippen LogP contribution in [0.25, 0.3) is 0 Å². The molecule has 0 aliphatic carbocycles. The molecule has 5 nitrogen and oxygen atoms in total. The van der Waals surface area contributed by atoms with Crippen molar-refractivity contribution in [2.75, 3.05) is 29.9 Å². The highest BCUT2D eigenvalue weighted by atomic mass is 16.2. The second-order valence-electron chi connectivity index (χ2n) is 3.80. The van der Waals surface area contributed by atoms with E-state index in [9.17, 15) is 9.59 Å². The maximum absolute atomic E-state index is 11.8. The van der Waals surface area contributed by atoms with Gasteiger partial charge in [-0.3, -0.25) is 14.5 Å². The van der Waals surface area contributed by atoms with E-state index >= 15 is 0 Å². The smallest absolute Gasteiger partial charge is 0.246 e. The molecule has 0 fully saturated rings. The molecule has 90 valence electrons. The number of likely N-dealkylation sites (N-methyl/N-ethyl adjacent to an activating group) is 1. The van der Waals surface area contributed by atoms with Crippen LogP contribution in [-0.4, -0.2) is 31.4 Å². The monoisotopic (exact) mass is 233 g/mol. The number of carbonyl (C=O) groups is 2. The molecular weight excluding hydrogens is 218 g/mol. The summed E-state index contributed by atoms with van der Waals surface area (Å²) in [6.45, 7) is 2.73. The Bertz CT molecular complexity index is 445. The molecule has 5 heteroatoms. The average Bonchev–Trinajstić information content (AvgIpc) is 2.33. The summed E-state index contributed by atoms with van der Waals surface area (Å²) in [5, 5.41) is 5.72. The molecule has 2 amide bonds. The fraction of sp³-hybridized carbons (Fsp3) is 0.333. The fourth-order valence-electron chi connectivity index (χ4n) is 1.83. The highest BCUT2D eigenvalue weighted by molar-refractivity contribution is 6.05. The van der Waals surface area contributed by atoms with Gasteiger partial charge in [-0.05, 0) is 19.1 Å². The molecule has 1 heterocycles.